The Hall–Kier alpha value is 0.540. The molecule has 1 amide bonds. The summed E-state index contributed by atoms with van der Waals surface area (Å²) in [5.74, 6) is 0.264. The molecule has 0 saturated carbocycles. The van der Waals surface area contributed by atoms with Gasteiger partial charge >= 0.3 is 29.6 Å². The van der Waals surface area contributed by atoms with Gasteiger partial charge in [-0.1, -0.05) is 96.8 Å². The Morgan fingerprint density at radius 1 is 0.920 bits per heavy atom. The van der Waals surface area contributed by atoms with Crippen LogP contribution in [-0.2, 0) is 16.2 Å². The van der Waals surface area contributed by atoms with E-state index in [1.807, 2.05) is 0 Å². The van der Waals surface area contributed by atoms with Gasteiger partial charge in [0.05, 0.1) is 11.4 Å². The summed E-state index contributed by atoms with van der Waals surface area (Å²) in [6, 6.07) is 0.229. The van der Waals surface area contributed by atoms with Gasteiger partial charge in [0.2, 0.25) is 5.91 Å². The number of hydrogen-bond donors (Lipinski definition) is 2. The van der Waals surface area contributed by atoms with Gasteiger partial charge in [-0.05, 0) is 6.42 Å². The summed E-state index contributed by atoms with van der Waals surface area (Å²) in [6.07, 6.45) is 20.6. The molecule has 1 fully saturated rings. The van der Waals surface area contributed by atoms with Gasteiger partial charge in [0, 0.05) is 0 Å². The van der Waals surface area contributed by atoms with E-state index in [4.69, 9.17) is 13.3 Å². The first-order valence-electron chi connectivity index (χ1n) is 9.66. The van der Waals surface area contributed by atoms with Gasteiger partial charge in [-0.2, -0.15) is 0 Å². The van der Waals surface area contributed by atoms with Crippen LogP contribution in [0, 0.1) is 0 Å². The Bertz CT molecular complexity index is 334. The summed E-state index contributed by atoms with van der Waals surface area (Å²) in [4.78, 5) is 10.7. The zero-order chi connectivity index (χ0) is 18.0. The third-order valence-electron chi connectivity index (χ3n) is 4.40. The van der Waals surface area contributed by atoms with E-state index in [1.54, 1.807) is 0 Å². The molecule has 0 aliphatic carbocycles. The van der Waals surface area contributed by atoms with Crippen LogP contribution in [0.25, 0.3) is 0 Å². The average molecular weight is 387 g/mol. The van der Waals surface area contributed by atoms with E-state index in [0.717, 1.165) is 6.42 Å². The molecule has 1 aliphatic rings. The van der Waals surface area contributed by atoms with Crippen molar-refractivity contribution in [3.05, 3.63) is 0 Å². The predicted molar refractivity (Wildman–Crippen MR) is 99.5 cm³/mol. The molecule has 1 saturated heterocycles. The summed E-state index contributed by atoms with van der Waals surface area (Å²) in [5, 5.41) is 2.84. The molecule has 2 unspecified atom stereocenters. The number of carbonyl (C=O) groups excluding carboxylic acids is 1. The van der Waals surface area contributed by atoms with Crippen LogP contribution >= 0.6 is 0 Å². The number of carbonyl (C=O) groups is 1. The Balaban J connectivity index is -0.000000798. The molecule has 1 aliphatic heterocycles. The van der Waals surface area contributed by atoms with Crippen LogP contribution in [0.5, 0.6) is 0 Å². The van der Waals surface area contributed by atoms with Gasteiger partial charge in [-0.15, -0.1) is 0 Å². The standard InChI is InChI=1S/C18H35NO.Na.H2O3S.H/c1-2-3-4-5-6-7-8-9-10-11-12-13-14-15-16-17-18(20)19-17;;1-4(2)3;/h17H,2-16H2,1H3,(H,19,20);;(H2,1,2,3);/q;+1;;-1/p-1. The molecule has 0 bridgehead atoms. The van der Waals surface area contributed by atoms with Crippen molar-refractivity contribution in [2.45, 2.75) is 109 Å². The Morgan fingerprint density at radius 2 is 1.20 bits per heavy atom. The maximum absolute atomic E-state index is 10.7. The molecule has 2 atom stereocenters. The number of amides is 1. The number of rotatable bonds is 15. The second-order valence-corrected chi connectivity index (χ2v) is 7.10. The molecule has 0 spiro atoms. The second kappa shape index (κ2) is 20.8. The van der Waals surface area contributed by atoms with Crippen LogP contribution in [0.4, 0.5) is 0 Å². The number of hydrogen-bond acceptors (Lipinski definition) is 3. The molecular weight excluding hydrogens is 349 g/mol. The summed E-state index contributed by atoms with van der Waals surface area (Å²) in [6.45, 7) is 2.28. The molecule has 25 heavy (non-hydrogen) atoms. The van der Waals surface area contributed by atoms with Crippen LogP contribution in [0.2, 0.25) is 0 Å². The summed E-state index contributed by atoms with van der Waals surface area (Å²) >= 11 is -2.86. The van der Waals surface area contributed by atoms with Gasteiger partial charge in [-0.3, -0.25) is 4.79 Å². The van der Waals surface area contributed by atoms with Gasteiger partial charge in [0.1, 0.15) is 6.04 Å². The van der Waals surface area contributed by atoms with E-state index in [0.29, 0.717) is 0 Å². The van der Waals surface area contributed by atoms with Crippen molar-refractivity contribution < 1.29 is 49.1 Å². The van der Waals surface area contributed by atoms with Gasteiger partial charge < -0.3 is 15.8 Å². The van der Waals surface area contributed by atoms with Crippen molar-refractivity contribution >= 4 is 17.3 Å². The molecule has 1 rings (SSSR count). The fourth-order valence-corrected chi connectivity index (χ4v) is 2.88. The maximum atomic E-state index is 10.7. The fourth-order valence-electron chi connectivity index (χ4n) is 2.88. The largest absolute Gasteiger partial charge is 1.00 e. The van der Waals surface area contributed by atoms with Crippen molar-refractivity contribution in [3.8, 4) is 0 Å². The van der Waals surface area contributed by atoms with E-state index in [9.17, 15) is 4.79 Å². The van der Waals surface area contributed by atoms with Crippen LogP contribution < -0.4 is 34.9 Å². The average Bonchev–Trinajstić information content (AvgIpc) is 3.22. The van der Waals surface area contributed by atoms with E-state index in [1.165, 1.54) is 89.9 Å². The summed E-state index contributed by atoms with van der Waals surface area (Å²) < 4.78 is 24.1. The predicted octanol–water partition coefficient (Wildman–Crippen LogP) is 1.81. The van der Waals surface area contributed by atoms with Crippen molar-refractivity contribution in [2.24, 2.45) is 0 Å². The van der Waals surface area contributed by atoms with Crippen molar-refractivity contribution in [3.63, 3.8) is 0 Å². The zero-order valence-corrected chi connectivity index (χ0v) is 19.1. The molecule has 1 heterocycles. The fraction of sp³-hybridized carbons (Fsp3) is 0.944. The Kier molecular flexibility index (Phi) is 23.1. The van der Waals surface area contributed by atoms with Crippen LogP contribution in [0.15, 0.2) is 0 Å². The van der Waals surface area contributed by atoms with Crippen molar-refractivity contribution in [2.75, 3.05) is 0 Å². The number of nitrogens with one attached hydrogen (secondary N) is 1. The molecule has 5 nitrogen and oxygen atoms in total. The normalized spacial score (nSPS) is 16.3. The first-order valence-corrected chi connectivity index (χ1v) is 10.7. The molecule has 7 heteroatoms. The molecule has 0 aromatic heterocycles. The van der Waals surface area contributed by atoms with Crippen molar-refractivity contribution in [1.82, 2.24) is 5.32 Å². The molecule has 0 aromatic rings. The third-order valence-corrected chi connectivity index (χ3v) is 4.40. The van der Waals surface area contributed by atoms with Crippen molar-refractivity contribution in [1.29, 1.82) is 0 Å². The molecule has 2 N–H and O–H groups in total. The van der Waals surface area contributed by atoms with E-state index >= 15 is 0 Å². The minimum atomic E-state index is -2.86. The molecular formula is C18H37NNaO4S-. The van der Waals surface area contributed by atoms with Crippen LogP contribution in [0.1, 0.15) is 105 Å². The van der Waals surface area contributed by atoms with E-state index in [2.05, 4.69) is 12.2 Å². The topological polar surface area (TPSA) is 99.4 Å². The molecule has 0 aromatic carbocycles. The van der Waals surface area contributed by atoms with Crippen LogP contribution in [0.3, 0.4) is 0 Å². The zero-order valence-electron chi connectivity index (χ0n) is 17.3. The quantitative estimate of drug-likeness (QED) is 0.194. The first kappa shape index (κ1) is 27.8. The first-order chi connectivity index (χ1) is 11.6. The third kappa shape index (κ3) is 24.5. The van der Waals surface area contributed by atoms with E-state index < -0.39 is 11.4 Å². The monoisotopic (exact) mass is 386 g/mol. The maximum Gasteiger partial charge on any atom is 1.00 e. The summed E-state index contributed by atoms with van der Waals surface area (Å²) in [5.41, 5.74) is 0. The van der Waals surface area contributed by atoms with Gasteiger partial charge in [0.25, 0.3) is 0 Å². The second-order valence-electron chi connectivity index (χ2n) is 6.66. The molecule has 0 radical (unpaired) electrons. The summed E-state index contributed by atoms with van der Waals surface area (Å²) in [7, 11) is 0. The molecule has 146 valence electrons. The van der Waals surface area contributed by atoms with Crippen LogP contribution in [-0.4, -0.2) is 25.3 Å². The smallest absolute Gasteiger partial charge is 1.00 e. The number of unbranched alkanes of at least 4 members (excludes halogenated alkanes) is 13. The van der Waals surface area contributed by atoms with Gasteiger partial charge in [-0.25, -0.2) is 4.21 Å². The minimum Gasteiger partial charge on any atom is -1.00 e. The Morgan fingerprint density at radius 3 is 1.48 bits per heavy atom. The van der Waals surface area contributed by atoms with E-state index in [-0.39, 0.29) is 42.9 Å². The SMILES string of the molecule is CCCCCCCCCCCCCCCCC1NC1=O.O=S([O-])O.[H-].[Na+]. The van der Waals surface area contributed by atoms with Gasteiger partial charge in [0.15, 0.2) is 0 Å². The Labute approximate surface area is 180 Å². The minimum absolute atomic E-state index is 0.